The van der Waals surface area contributed by atoms with Crippen molar-refractivity contribution in [3.05, 3.63) is 23.7 Å². The fourth-order valence-corrected chi connectivity index (χ4v) is 1.92. The number of rotatable bonds is 7. The molecule has 106 valence electrons. The summed E-state index contributed by atoms with van der Waals surface area (Å²) in [7, 11) is 0. The highest BCUT2D eigenvalue weighted by atomic mass is 16.4. The summed E-state index contributed by atoms with van der Waals surface area (Å²) >= 11 is 0. The van der Waals surface area contributed by atoms with E-state index < -0.39 is 11.9 Å². The van der Waals surface area contributed by atoms with Crippen LogP contribution in [0.3, 0.4) is 0 Å². The van der Waals surface area contributed by atoms with Gasteiger partial charge in [0, 0.05) is 12.1 Å². The SMILES string of the molecule is CCCC(CNC(=O)c1occc1C(C)C)C(=O)O. The van der Waals surface area contributed by atoms with E-state index in [9.17, 15) is 9.59 Å². The molecular formula is C14H21NO4. The van der Waals surface area contributed by atoms with E-state index in [4.69, 9.17) is 9.52 Å². The van der Waals surface area contributed by atoms with E-state index in [-0.39, 0.29) is 24.1 Å². The fourth-order valence-electron chi connectivity index (χ4n) is 1.92. The first-order valence-corrected chi connectivity index (χ1v) is 6.55. The van der Waals surface area contributed by atoms with Crippen LogP contribution in [0.1, 0.15) is 55.6 Å². The van der Waals surface area contributed by atoms with Crippen molar-refractivity contribution in [3.8, 4) is 0 Å². The van der Waals surface area contributed by atoms with Gasteiger partial charge in [-0.1, -0.05) is 27.2 Å². The fraction of sp³-hybridized carbons (Fsp3) is 0.571. The van der Waals surface area contributed by atoms with Crippen LogP contribution >= 0.6 is 0 Å². The van der Waals surface area contributed by atoms with Crippen LogP contribution in [0.5, 0.6) is 0 Å². The summed E-state index contributed by atoms with van der Waals surface area (Å²) < 4.78 is 5.18. The first-order valence-electron chi connectivity index (χ1n) is 6.55. The largest absolute Gasteiger partial charge is 0.481 e. The predicted molar refractivity (Wildman–Crippen MR) is 71.2 cm³/mol. The minimum absolute atomic E-state index is 0.125. The summed E-state index contributed by atoms with van der Waals surface area (Å²) in [5, 5.41) is 11.6. The standard InChI is InChI=1S/C14H21NO4/c1-4-5-10(14(17)18)8-15-13(16)12-11(9(2)3)6-7-19-12/h6-7,9-10H,4-5,8H2,1-3H3,(H,15,16)(H,17,18). The van der Waals surface area contributed by atoms with E-state index in [1.807, 2.05) is 20.8 Å². The van der Waals surface area contributed by atoms with Gasteiger partial charge >= 0.3 is 5.97 Å². The first kappa shape index (κ1) is 15.3. The Morgan fingerprint density at radius 2 is 2.11 bits per heavy atom. The number of carboxylic acid groups (broad SMARTS) is 1. The zero-order valence-electron chi connectivity index (χ0n) is 11.6. The van der Waals surface area contributed by atoms with Crippen molar-refractivity contribution in [3.63, 3.8) is 0 Å². The van der Waals surface area contributed by atoms with Gasteiger partial charge in [0.2, 0.25) is 0 Å². The number of amides is 1. The molecule has 0 saturated heterocycles. The lowest BCUT2D eigenvalue weighted by Gasteiger charge is -2.12. The average molecular weight is 267 g/mol. The predicted octanol–water partition coefficient (Wildman–Crippen LogP) is 2.63. The van der Waals surface area contributed by atoms with E-state index in [0.717, 1.165) is 12.0 Å². The smallest absolute Gasteiger partial charge is 0.308 e. The molecule has 0 spiro atoms. The van der Waals surface area contributed by atoms with Gasteiger partial charge in [0.15, 0.2) is 5.76 Å². The highest BCUT2D eigenvalue weighted by Crippen LogP contribution is 2.20. The molecule has 5 nitrogen and oxygen atoms in total. The maximum atomic E-state index is 12.0. The normalized spacial score (nSPS) is 12.4. The van der Waals surface area contributed by atoms with Gasteiger partial charge in [-0.15, -0.1) is 0 Å². The van der Waals surface area contributed by atoms with Crippen molar-refractivity contribution in [1.82, 2.24) is 5.32 Å². The topological polar surface area (TPSA) is 79.5 Å². The van der Waals surface area contributed by atoms with Crippen molar-refractivity contribution in [1.29, 1.82) is 0 Å². The van der Waals surface area contributed by atoms with Gasteiger partial charge in [-0.25, -0.2) is 0 Å². The van der Waals surface area contributed by atoms with Gasteiger partial charge in [0.05, 0.1) is 12.2 Å². The van der Waals surface area contributed by atoms with Gasteiger partial charge in [0.25, 0.3) is 5.91 Å². The Morgan fingerprint density at radius 1 is 1.42 bits per heavy atom. The molecule has 19 heavy (non-hydrogen) atoms. The van der Waals surface area contributed by atoms with Crippen LogP contribution < -0.4 is 5.32 Å². The van der Waals surface area contributed by atoms with E-state index in [1.54, 1.807) is 6.07 Å². The molecule has 0 aliphatic carbocycles. The summed E-state index contributed by atoms with van der Waals surface area (Å²) in [6.07, 6.45) is 2.79. The number of nitrogens with one attached hydrogen (secondary N) is 1. The summed E-state index contributed by atoms with van der Waals surface area (Å²) in [5.41, 5.74) is 0.833. The lowest BCUT2D eigenvalue weighted by Crippen LogP contribution is -2.33. The molecule has 1 unspecified atom stereocenters. The zero-order chi connectivity index (χ0) is 14.4. The van der Waals surface area contributed by atoms with Gasteiger partial charge in [-0.3, -0.25) is 9.59 Å². The number of hydrogen-bond donors (Lipinski definition) is 2. The molecule has 1 atom stereocenters. The van der Waals surface area contributed by atoms with Crippen molar-refractivity contribution >= 4 is 11.9 Å². The van der Waals surface area contributed by atoms with Crippen LogP contribution in [0.4, 0.5) is 0 Å². The average Bonchev–Trinajstić information content (AvgIpc) is 2.82. The quantitative estimate of drug-likeness (QED) is 0.796. The Labute approximate surface area is 113 Å². The molecule has 1 amide bonds. The minimum Gasteiger partial charge on any atom is -0.481 e. The molecule has 0 radical (unpaired) electrons. The second-order valence-corrected chi connectivity index (χ2v) is 4.89. The summed E-state index contributed by atoms with van der Waals surface area (Å²) in [6, 6.07) is 1.76. The third kappa shape index (κ3) is 4.12. The molecule has 0 aromatic carbocycles. The van der Waals surface area contributed by atoms with Crippen LogP contribution in [0.15, 0.2) is 16.7 Å². The highest BCUT2D eigenvalue weighted by molar-refractivity contribution is 5.93. The Kier molecular flexibility index (Phi) is 5.60. The van der Waals surface area contributed by atoms with Gasteiger partial charge < -0.3 is 14.8 Å². The van der Waals surface area contributed by atoms with Gasteiger partial charge in [-0.05, 0) is 18.4 Å². The Balaban J connectivity index is 2.64. The first-order chi connectivity index (χ1) is 8.97. The van der Waals surface area contributed by atoms with Gasteiger partial charge in [-0.2, -0.15) is 0 Å². The minimum atomic E-state index is -0.884. The number of carboxylic acids is 1. The number of aliphatic carboxylic acids is 1. The summed E-state index contributed by atoms with van der Waals surface area (Å²) in [6.45, 7) is 5.99. The molecular weight excluding hydrogens is 246 g/mol. The van der Waals surface area contributed by atoms with Crippen molar-refractivity contribution in [2.75, 3.05) is 6.54 Å². The van der Waals surface area contributed by atoms with Crippen molar-refractivity contribution < 1.29 is 19.1 Å². The third-order valence-electron chi connectivity index (χ3n) is 3.02. The maximum absolute atomic E-state index is 12.0. The second-order valence-electron chi connectivity index (χ2n) is 4.89. The third-order valence-corrected chi connectivity index (χ3v) is 3.02. The molecule has 0 bridgehead atoms. The molecule has 5 heteroatoms. The zero-order valence-corrected chi connectivity index (χ0v) is 11.6. The Hall–Kier alpha value is -1.78. The van der Waals surface area contributed by atoms with E-state index >= 15 is 0 Å². The van der Waals surface area contributed by atoms with E-state index in [0.29, 0.717) is 6.42 Å². The lowest BCUT2D eigenvalue weighted by atomic mass is 10.0. The van der Waals surface area contributed by atoms with Crippen LogP contribution in [0.2, 0.25) is 0 Å². The molecule has 1 aromatic rings. The number of carbonyl (C=O) groups excluding carboxylic acids is 1. The Morgan fingerprint density at radius 3 is 2.63 bits per heavy atom. The molecule has 1 heterocycles. The summed E-state index contributed by atoms with van der Waals surface area (Å²) in [4.78, 5) is 23.0. The number of hydrogen-bond acceptors (Lipinski definition) is 3. The second kappa shape index (κ2) is 6.97. The van der Waals surface area contributed by atoms with Crippen LogP contribution in [-0.4, -0.2) is 23.5 Å². The van der Waals surface area contributed by atoms with Gasteiger partial charge in [0.1, 0.15) is 0 Å². The monoisotopic (exact) mass is 267 g/mol. The highest BCUT2D eigenvalue weighted by Gasteiger charge is 2.21. The van der Waals surface area contributed by atoms with Crippen LogP contribution in [0.25, 0.3) is 0 Å². The number of furan rings is 1. The molecule has 1 aromatic heterocycles. The van der Waals surface area contributed by atoms with Crippen LogP contribution in [-0.2, 0) is 4.79 Å². The Bertz CT molecular complexity index is 436. The lowest BCUT2D eigenvalue weighted by molar-refractivity contribution is -0.141. The molecule has 0 aliphatic rings. The molecule has 0 fully saturated rings. The maximum Gasteiger partial charge on any atom is 0.308 e. The number of carbonyl (C=O) groups is 2. The molecule has 1 rings (SSSR count). The molecule has 0 saturated carbocycles. The van der Waals surface area contributed by atoms with Crippen LogP contribution in [0, 0.1) is 5.92 Å². The van der Waals surface area contributed by atoms with E-state index in [1.165, 1.54) is 6.26 Å². The van der Waals surface area contributed by atoms with E-state index in [2.05, 4.69) is 5.32 Å². The summed E-state index contributed by atoms with van der Waals surface area (Å²) in [5.74, 6) is -1.32. The van der Waals surface area contributed by atoms with Crippen molar-refractivity contribution in [2.45, 2.75) is 39.5 Å². The van der Waals surface area contributed by atoms with Crippen molar-refractivity contribution in [2.24, 2.45) is 5.92 Å². The molecule has 2 N–H and O–H groups in total. The molecule has 0 aliphatic heterocycles.